The van der Waals surface area contributed by atoms with Crippen molar-refractivity contribution in [3.63, 3.8) is 0 Å². The number of fused-ring (bicyclic) bond motifs is 2. The van der Waals surface area contributed by atoms with E-state index in [4.69, 9.17) is 9.47 Å². The van der Waals surface area contributed by atoms with Gasteiger partial charge in [-0.3, -0.25) is 14.5 Å². The van der Waals surface area contributed by atoms with Crippen LogP contribution in [-0.4, -0.2) is 31.9 Å². The molecule has 2 amide bonds. The predicted molar refractivity (Wildman–Crippen MR) is 114 cm³/mol. The van der Waals surface area contributed by atoms with Gasteiger partial charge in [-0.2, -0.15) is 0 Å². The minimum absolute atomic E-state index is 0.0668. The highest BCUT2D eigenvalue weighted by atomic mass is 32.2. The van der Waals surface area contributed by atoms with Crippen LogP contribution in [0.3, 0.4) is 0 Å². The maximum absolute atomic E-state index is 12.7. The standard InChI is InChI=1S/C23H18N2O6S/c26-22-18-3-1-2-4-19(18)23(27)25(22)13-15-5-8-17(9-6-15)32(28,29)24-12-16-7-10-20-21(11-16)31-14-30-20/h1-11,24H,12-14H2. The number of amides is 2. The summed E-state index contributed by atoms with van der Waals surface area (Å²) in [4.78, 5) is 26.3. The fourth-order valence-electron chi connectivity index (χ4n) is 3.65. The van der Waals surface area contributed by atoms with Gasteiger partial charge in [-0.1, -0.05) is 30.3 Å². The average molecular weight is 450 g/mol. The SMILES string of the molecule is O=C1c2ccccc2C(=O)N1Cc1ccc(S(=O)(=O)NCc2ccc3c(c2)OCO3)cc1. The second-order valence-corrected chi connectivity index (χ2v) is 9.17. The van der Waals surface area contributed by atoms with Crippen molar-refractivity contribution < 1.29 is 27.5 Å². The van der Waals surface area contributed by atoms with Crippen molar-refractivity contribution in [2.24, 2.45) is 0 Å². The number of imide groups is 1. The molecule has 2 heterocycles. The Morgan fingerprint density at radius 3 is 2.12 bits per heavy atom. The Morgan fingerprint density at radius 1 is 0.812 bits per heavy atom. The zero-order valence-corrected chi connectivity index (χ0v) is 17.6. The summed E-state index contributed by atoms with van der Waals surface area (Å²) < 4.78 is 38.4. The molecular weight excluding hydrogens is 432 g/mol. The summed E-state index contributed by atoms with van der Waals surface area (Å²) in [5.74, 6) is 0.504. The lowest BCUT2D eigenvalue weighted by Gasteiger charge is -2.14. The monoisotopic (exact) mass is 450 g/mol. The van der Waals surface area contributed by atoms with Gasteiger partial charge < -0.3 is 9.47 Å². The fourth-order valence-corrected chi connectivity index (χ4v) is 4.67. The second-order valence-electron chi connectivity index (χ2n) is 7.40. The molecular formula is C23H18N2O6S. The van der Waals surface area contributed by atoms with Gasteiger partial charge in [0.1, 0.15) is 0 Å². The zero-order chi connectivity index (χ0) is 22.3. The maximum atomic E-state index is 12.7. The van der Waals surface area contributed by atoms with Gasteiger partial charge in [0.05, 0.1) is 22.6 Å². The molecule has 2 aliphatic heterocycles. The number of carbonyl (C=O) groups is 2. The van der Waals surface area contributed by atoms with E-state index in [1.165, 1.54) is 12.1 Å². The van der Waals surface area contributed by atoms with Gasteiger partial charge in [0, 0.05) is 6.54 Å². The first-order chi connectivity index (χ1) is 15.4. The molecule has 0 radical (unpaired) electrons. The lowest BCUT2D eigenvalue weighted by atomic mass is 10.1. The van der Waals surface area contributed by atoms with Crippen molar-refractivity contribution in [3.05, 3.63) is 89.0 Å². The number of ether oxygens (including phenoxy) is 2. The smallest absolute Gasteiger partial charge is 0.261 e. The van der Waals surface area contributed by atoms with Gasteiger partial charge in [0.2, 0.25) is 16.8 Å². The predicted octanol–water partition coefficient (Wildman–Crippen LogP) is 2.69. The van der Waals surface area contributed by atoms with Gasteiger partial charge in [0.15, 0.2) is 11.5 Å². The Labute approximate surface area is 184 Å². The molecule has 0 bridgehead atoms. The molecule has 0 saturated carbocycles. The van der Waals surface area contributed by atoms with Gasteiger partial charge in [-0.15, -0.1) is 0 Å². The van der Waals surface area contributed by atoms with E-state index < -0.39 is 10.0 Å². The number of nitrogens with one attached hydrogen (secondary N) is 1. The van der Waals surface area contributed by atoms with Crippen LogP contribution in [0.2, 0.25) is 0 Å². The molecule has 3 aromatic carbocycles. The molecule has 0 unspecified atom stereocenters. The van der Waals surface area contributed by atoms with Crippen molar-refractivity contribution in [2.45, 2.75) is 18.0 Å². The van der Waals surface area contributed by atoms with Crippen LogP contribution in [0.25, 0.3) is 0 Å². The molecule has 0 atom stereocenters. The number of rotatable bonds is 6. The van der Waals surface area contributed by atoms with E-state index >= 15 is 0 Å². The molecule has 3 aromatic rings. The Morgan fingerprint density at radius 2 is 1.44 bits per heavy atom. The summed E-state index contributed by atoms with van der Waals surface area (Å²) in [7, 11) is -3.75. The highest BCUT2D eigenvalue weighted by Gasteiger charge is 2.35. The first-order valence-corrected chi connectivity index (χ1v) is 11.3. The van der Waals surface area contributed by atoms with Gasteiger partial charge in [-0.05, 0) is 47.5 Å². The van der Waals surface area contributed by atoms with Crippen LogP contribution in [0, 0.1) is 0 Å². The zero-order valence-electron chi connectivity index (χ0n) is 16.8. The third-order valence-electron chi connectivity index (χ3n) is 5.36. The van der Waals surface area contributed by atoms with Crippen LogP contribution < -0.4 is 14.2 Å². The summed E-state index contributed by atoms with van der Waals surface area (Å²) >= 11 is 0. The molecule has 32 heavy (non-hydrogen) atoms. The third-order valence-corrected chi connectivity index (χ3v) is 6.77. The van der Waals surface area contributed by atoms with E-state index in [0.29, 0.717) is 28.2 Å². The van der Waals surface area contributed by atoms with Crippen LogP contribution in [0.1, 0.15) is 31.8 Å². The molecule has 1 N–H and O–H groups in total. The molecule has 0 fully saturated rings. The lowest BCUT2D eigenvalue weighted by molar-refractivity contribution is 0.0642. The molecule has 162 valence electrons. The van der Waals surface area contributed by atoms with E-state index in [9.17, 15) is 18.0 Å². The highest BCUT2D eigenvalue weighted by molar-refractivity contribution is 7.89. The summed E-state index contributed by atoms with van der Waals surface area (Å²) in [5.41, 5.74) is 2.14. The number of hydrogen-bond donors (Lipinski definition) is 1. The third kappa shape index (κ3) is 3.61. The quantitative estimate of drug-likeness (QED) is 0.580. The molecule has 0 aliphatic carbocycles. The number of nitrogens with zero attached hydrogens (tertiary/aromatic N) is 1. The van der Waals surface area contributed by atoms with Crippen molar-refractivity contribution in [1.82, 2.24) is 9.62 Å². The Bertz CT molecular complexity index is 1300. The lowest BCUT2D eigenvalue weighted by Crippen LogP contribution is -2.29. The van der Waals surface area contributed by atoms with Gasteiger partial charge in [0.25, 0.3) is 11.8 Å². The summed E-state index contributed by atoms with van der Waals surface area (Å²) in [6, 6.07) is 18.0. The summed E-state index contributed by atoms with van der Waals surface area (Å²) in [6.45, 7) is 0.310. The molecule has 9 heteroatoms. The fraction of sp³-hybridized carbons (Fsp3) is 0.130. The van der Waals surface area contributed by atoms with Crippen molar-refractivity contribution in [3.8, 4) is 11.5 Å². The summed E-state index contributed by atoms with van der Waals surface area (Å²) in [5, 5.41) is 0. The van der Waals surface area contributed by atoms with E-state index in [2.05, 4.69) is 4.72 Å². The number of hydrogen-bond acceptors (Lipinski definition) is 6. The number of benzene rings is 3. The number of carbonyl (C=O) groups excluding carboxylic acids is 2. The van der Waals surface area contributed by atoms with Gasteiger partial charge >= 0.3 is 0 Å². The van der Waals surface area contributed by atoms with E-state index in [1.54, 1.807) is 54.6 Å². The van der Waals surface area contributed by atoms with Crippen LogP contribution in [0.5, 0.6) is 11.5 Å². The molecule has 0 aromatic heterocycles. The van der Waals surface area contributed by atoms with Crippen LogP contribution in [-0.2, 0) is 23.1 Å². The van der Waals surface area contributed by atoms with Crippen molar-refractivity contribution >= 4 is 21.8 Å². The molecule has 2 aliphatic rings. The van der Waals surface area contributed by atoms with Crippen LogP contribution >= 0.6 is 0 Å². The average Bonchev–Trinajstić information content (AvgIpc) is 3.37. The minimum atomic E-state index is -3.75. The maximum Gasteiger partial charge on any atom is 0.261 e. The minimum Gasteiger partial charge on any atom is -0.454 e. The first-order valence-electron chi connectivity index (χ1n) is 9.85. The second kappa shape index (κ2) is 7.77. The molecule has 8 nitrogen and oxygen atoms in total. The normalized spacial score (nSPS) is 14.7. The van der Waals surface area contributed by atoms with Crippen LogP contribution in [0.15, 0.2) is 71.6 Å². The molecule has 5 rings (SSSR count). The topological polar surface area (TPSA) is 102 Å². The molecule has 0 spiro atoms. The van der Waals surface area contributed by atoms with Crippen LogP contribution in [0.4, 0.5) is 0 Å². The Hall–Kier alpha value is -3.69. The first kappa shape index (κ1) is 20.2. The largest absolute Gasteiger partial charge is 0.454 e. The van der Waals surface area contributed by atoms with E-state index in [1.807, 2.05) is 0 Å². The van der Waals surface area contributed by atoms with Crippen molar-refractivity contribution in [1.29, 1.82) is 0 Å². The molecule has 0 saturated heterocycles. The van der Waals surface area contributed by atoms with E-state index in [-0.39, 0.29) is 36.6 Å². The highest BCUT2D eigenvalue weighted by Crippen LogP contribution is 2.32. The summed E-state index contributed by atoms with van der Waals surface area (Å²) in [6.07, 6.45) is 0. The van der Waals surface area contributed by atoms with E-state index in [0.717, 1.165) is 10.5 Å². The van der Waals surface area contributed by atoms with Gasteiger partial charge in [-0.25, -0.2) is 13.1 Å². The Balaban J connectivity index is 1.26. The Kier molecular flexibility index (Phi) is 4.91. The number of sulfonamides is 1. The van der Waals surface area contributed by atoms with Crippen molar-refractivity contribution in [2.75, 3.05) is 6.79 Å².